The maximum Gasteiger partial charge on any atom is 0.233 e. The Labute approximate surface area is 188 Å². The average Bonchev–Trinajstić information content (AvgIpc) is 3.53. The Morgan fingerprint density at radius 2 is 2.10 bits per heavy atom. The van der Waals surface area contributed by atoms with Gasteiger partial charge >= 0.3 is 0 Å². The zero-order valence-corrected chi connectivity index (χ0v) is 18.7. The number of hydrogen-bond acceptors (Lipinski definition) is 8. The topological polar surface area (TPSA) is 105 Å². The van der Waals surface area contributed by atoms with E-state index in [2.05, 4.69) is 15.5 Å². The Hall–Kier alpha value is -2.66. The highest BCUT2D eigenvalue weighted by molar-refractivity contribution is 8.01. The number of carbonyl (C=O) groups excluding carboxylic acids is 3. The molecule has 0 radical (unpaired) electrons. The van der Waals surface area contributed by atoms with Gasteiger partial charge in [-0.3, -0.25) is 14.4 Å². The maximum atomic E-state index is 12.7. The molecule has 2 aromatic rings. The van der Waals surface area contributed by atoms with Crippen molar-refractivity contribution in [2.45, 2.75) is 23.6 Å². The molecule has 3 heterocycles. The van der Waals surface area contributed by atoms with E-state index in [-0.39, 0.29) is 24.1 Å². The molecule has 2 aliphatic heterocycles. The van der Waals surface area contributed by atoms with Crippen LogP contribution in [0.2, 0.25) is 0 Å². The van der Waals surface area contributed by atoms with Crippen LogP contribution in [-0.4, -0.2) is 65.3 Å². The monoisotopic (exact) mass is 461 g/mol. The quantitative estimate of drug-likeness (QED) is 0.498. The molecule has 0 unspecified atom stereocenters. The zero-order chi connectivity index (χ0) is 21.8. The molecule has 0 bridgehead atoms. The fraction of sp³-hybridized carbons (Fsp3) is 0.450. The Morgan fingerprint density at radius 1 is 1.29 bits per heavy atom. The highest BCUT2D eigenvalue weighted by Gasteiger charge is 2.35. The molecule has 1 aromatic heterocycles. The molecule has 31 heavy (non-hydrogen) atoms. The Balaban J connectivity index is 1.30. The summed E-state index contributed by atoms with van der Waals surface area (Å²) in [5.74, 6) is 0.220. The third-order valence-corrected chi connectivity index (χ3v) is 7.23. The fourth-order valence-corrected chi connectivity index (χ4v) is 5.28. The summed E-state index contributed by atoms with van der Waals surface area (Å²) >= 11 is 2.56. The molecule has 164 valence electrons. The summed E-state index contributed by atoms with van der Waals surface area (Å²) < 4.78 is 5.84. The van der Waals surface area contributed by atoms with Crippen molar-refractivity contribution in [2.75, 3.05) is 42.7 Å². The lowest BCUT2D eigenvalue weighted by molar-refractivity contribution is -0.127. The van der Waals surface area contributed by atoms with Gasteiger partial charge in [-0.1, -0.05) is 29.2 Å². The van der Waals surface area contributed by atoms with Crippen LogP contribution in [0, 0.1) is 5.92 Å². The van der Waals surface area contributed by atoms with Gasteiger partial charge in [-0.05, 0) is 25.0 Å². The average molecular weight is 462 g/mol. The molecule has 9 nitrogen and oxygen atoms in total. The molecule has 1 N–H and O–H groups in total. The van der Waals surface area contributed by atoms with Gasteiger partial charge < -0.3 is 19.9 Å². The number of methoxy groups -OCH3 is 1. The highest BCUT2D eigenvalue weighted by atomic mass is 32.2. The molecule has 0 saturated carbocycles. The molecular formula is C20H23N5O4S2. The first kappa shape index (κ1) is 21.6. The molecule has 0 aliphatic carbocycles. The van der Waals surface area contributed by atoms with Crippen LogP contribution in [0.15, 0.2) is 28.6 Å². The Bertz CT molecular complexity index is 976. The number of ether oxygens (including phenoxy) is 1. The van der Waals surface area contributed by atoms with Crippen LogP contribution < -0.4 is 15.0 Å². The summed E-state index contributed by atoms with van der Waals surface area (Å²) in [6.07, 6.45) is 2.25. The number of likely N-dealkylation sites (tertiary alicyclic amines) is 1. The number of hydrogen-bond donors (Lipinski definition) is 1. The van der Waals surface area contributed by atoms with Gasteiger partial charge in [0.15, 0.2) is 4.34 Å². The second kappa shape index (κ2) is 9.65. The summed E-state index contributed by atoms with van der Waals surface area (Å²) in [5.41, 5.74) is 0.705. The summed E-state index contributed by atoms with van der Waals surface area (Å²) in [5, 5.41) is 11.2. The van der Waals surface area contributed by atoms with Crippen molar-refractivity contribution in [3.05, 3.63) is 24.3 Å². The Morgan fingerprint density at radius 3 is 2.87 bits per heavy atom. The summed E-state index contributed by atoms with van der Waals surface area (Å²) in [4.78, 5) is 40.7. The number of amides is 3. The van der Waals surface area contributed by atoms with Gasteiger partial charge in [0.1, 0.15) is 5.75 Å². The van der Waals surface area contributed by atoms with Crippen LogP contribution in [-0.2, 0) is 14.4 Å². The van der Waals surface area contributed by atoms with Crippen molar-refractivity contribution in [2.24, 2.45) is 5.92 Å². The second-order valence-electron chi connectivity index (χ2n) is 7.35. The number of rotatable bonds is 7. The van der Waals surface area contributed by atoms with Crippen LogP contribution in [0.5, 0.6) is 5.75 Å². The smallest absolute Gasteiger partial charge is 0.233 e. The van der Waals surface area contributed by atoms with Gasteiger partial charge in [0.2, 0.25) is 22.9 Å². The van der Waals surface area contributed by atoms with Gasteiger partial charge in [-0.2, -0.15) is 0 Å². The summed E-state index contributed by atoms with van der Waals surface area (Å²) in [6.45, 7) is 1.94. The molecule has 1 aromatic carbocycles. The third-order valence-electron chi connectivity index (χ3n) is 5.28. The summed E-state index contributed by atoms with van der Waals surface area (Å²) in [6, 6.07) is 7.20. The lowest BCUT2D eigenvalue weighted by Crippen LogP contribution is -2.29. The number of nitrogens with zero attached hydrogens (tertiary/aromatic N) is 4. The fourth-order valence-electron chi connectivity index (χ4n) is 3.62. The van der Waals surface area contributed by atoms with E-state index >= 15 is 0 Å². The first-order chi connectivity index (χ1) is 15.0. The van der Waals surface area contributed by atoms with Crippen LogP contribution >= 0.6 is 23.1 Å². The molecule has 4 rings (SSSR count). The van der Waals surface area contributed by atoms with Crippen LogP contribution in [0.4, 0.5) is 10.8 Å². The number of anilines is 2. The van der Waals surface area contributed by atoms with Crippen molar-refractivity contribution in [3.63, 3.8) is 0 Å². The third kappa shape index (κ3) is 5.16. The maximum absolute atomic E-state index is 12.7. The van der Waals surface area contributed by atoms with Crippen molar-refractivity contribution >= 4 is 51.6 Å². The van der Waals surface area contributed by atoms with E-state index in [1.165, 1.54) is 23.1 Å². The predicted molar refractivity (Wildman–Crippen MR) is 119 cm³/mol. The predicted octanol–water partition coefficient (Wildman–Crippen LogP) is 2.25. The second-order valence-corrected chi connectivity index (χ2v) is 9.55. The van der Waals surface area contributed by atoms with Crippen molar-refractivity contribution in [3.8, 4) is 5.75 Å². The van der Waals surface area contributed by atoms with E-state index in [1.807, 2.05) is 17.0 Å². The number of aromatic nitrogens is 2. The van der Waals surface area contributed by atoms with E-state index < -0.39 is 5.92 Å². The van der Waals surface area contributed by atoms with Crippen LogP contribution in [0.3, 0.4) is 0 Å². The van der Waals surface area contributed by atoms with Crippen molar-refractivity contribution in [1.29, 1.82) is 0 Å². The lowest BCUT2D eigenvalue weighted by Gasteiger charge is -2.17. The minimum absolute atomic E-state index is 0.102. The van der Waals surface area contributed by atoms with Crippen LogP contribution in [0.1, 0.15) is 19.3 Å². The summed E-state index contributed by atoms with van der Waals surface area (Å²) in [7, 11) is 1.57. The number of benzene rings is 1. The standard InChI is InChI=1S/C20H23N5O4S2/c1-29-15-6-4-5-14(10-15)25-11-13(9-16(25)26)18(28)21-19-22-23-20(31-19)30-12-17(27)24-7-2-3-8-24/h4-6,10,13H,2-3,7-9,11-12H2,1H3,(H,21,22,28)/t13-/m1/s1. The normalized spacial score (nSPS) is 18.5. The van der Waals surface area contributed by atoms with Gasteiger partial charge in [0.05, 0.1) is 18.8 Å². The molecule has 2 saturated heterocycles. The van der Waals surface area contributed by atoms with Gasteiger partial charge in [-0.15, -0.1) is 10.2 Å². The number of thioether (sulfide) groups is 1. The van der Waals surface area contributed by atoms with Gasteiger partial charge in [-0.25, -0.2) is 0 Å². The molecule has 3 amide bonds. The minimum atomic E-state index is -0.476. The molecule has 0 spiro atoms. The molecular weight excluding hydrogens is 438 g/mol. The molecule has 2 fully saturated rings. The van der Waals surface area contributed by atoms with Crippen molar-refractivity contribution < 1.29 is 19.1 Å². The van der Waals surface area contributed by atoms with E-state index in [0.717, 1.165) is 25.9 Å². The van der Waals surface area contributed by atoms with Crippen LogP contribution in [0.25, 0.3) is 0 Å². The first-order valence-electron chi connectivity index (χ1n) is 10.0. The van der Waals surface area contributed by atoms with E-state index in [9.17, 15) is 14.4 Å². The lowest BCUT2D eigenvalue weighted by atomic mass is 10.1. The van der Waals surface area contributed by atoms with E-state index in [1.54, 1.807) is 24.1 Å². The molecule has 1 atom stereocenters. The largest absolute Gasteiger partial charge is 0.497 e. The molecule has 2 aliphatic rings. The van der Waals surface area contributed by atoms with E-state index in [4.69, 9.17) is 4.74 Å². The number of carbonyl (C=O) groups is 3. The highest BCUT2D eigenvalue weighted by Crippen LogP contribution is 2.30. The first-order valence-corrected chi connectivity index (χ1v) is 11.8. The number of nitrogens with one attached hydrogen (secondary N) is 1. The molecule has 11 heteroatoms. The zero-order valence-electron chi connectivity index (χ0n) is 17.1. The SMILES string of the molecule is COc1cccc(N2C[C@H](C(=O)Nc3nnc(SCC(=O)N4CCCC4)s3)CC2=O)c1. The minimum Gasteiger partial charge on any atom is -0.497 e. The van der Waals surface area contributed by atoms with E-state index in [0.29, 0.717) is 33.2 Å². The van der Waals surface area contributed by atoms with Gasteiger partial charge in [0.25, 0.3) is 0 Å². The van der Waals surface area contributed by atoms with Crippen molar-refractivity contribution in [1.82, 2.24) is 15.1 Å². The van der Waals surface area contributed by atoms with Gasteiger partial charge in [0, 0.05) is 37.8 Å². The Kier molecular flexibility index (Phi) is 6.71.